The number of hydrogen-bond acceptors (Lipinski definition) is 8. The Morgan fingerprint density at radius 1 is 0.906 bits per heavy atom. The van der Waals surface area contributed by atoms with Crippen LogP contribution >= 0.6 is 0 Å². The van der Waals surface area contributed by atoms with E-state index in [0.29, 0.717) is 34.4 Å². The lowest BCUT2D eigenvalue weighted by molar-refractivity contribution is 0.102. The zero-order valence-electron chi connectivity index (χ0n) is 18.8. The second-order valence-corrected chi connectivity index (χ2v) is 6.82. The number of aryl methyl sites for hydroxylation is 1. The maximum atomic E-state index is 12.8. The largest absolute Gasteiger partial charge is 0.493 e. The summed E-state index contributed by atoms with van der Waals surface area (Å²) in [4.78, 5) is 21.6. The predicted octanol–water partition coefficient (Wildman–Crippen LogP) is 4.24. The molecule has 168 valence electrons. The van der Waals surface area contributed by atoms with Crippen LogP contribution in [0.2, 0.25) is 0 Å². The van der Waals surface area contributed by atoms with E-state index in [-0.39, 0.29) is 5.91 Å². The number of methoxy groups -OCH3 is 3. The van der Waals surface area contributed by atoms with Crippen molar-refractivity contribution in [2.24, 2.45) is 0 Å². The molecule has 3 N–H and O–H groups in total. The average Bonchev–Trinajstić information content (AvgIpc) is 2.79. The fourth-order valence-corrected chi connectivity index (χ4v) is 3.08. The predicted molar refractivity (Wildman–Crippen MR) is 125 cm³/mol. The van der Waals surface area contributed by atoms with Gasteiger partial charge in [0.15, 0.2) is 11.5 Å². The molecule has 32 heavy (non-hydrogen) atoms. The summed E-state index contributed by atoms with van der Waals surface area (Å²) in [6.45, 7) is 4.70. The molecule has 0 unspecified atom stereocenters. The number of nitrogens with one attached hydrogen (secondary N) is 3. The molecule has 1 aromatic heterocycles. The highest BCUT2D eigenvalue weighted by Gasteiger charge is 2.17. The van der Waals surface area contributed by atoms with Gasteiger partial charge in [0.2, 0.25) is 11.7 Å². The lowest BCUT2D eigenvalue weighted by atomic mass is 10.1. The van der Waals surface area contributed by atoms with Gasteiger partial charge in [0.05, 0.1) is 21.3 Å². The van der Waals surface area contributed by atoms with Gasteiger partial charge in [0.1, 0.15) is 5.82 Å². The first-order valence-corrected chi connectivity index (χ1v) is 10.0. The van der Waals surface area contributed by atoms with Gasteiger partial charge >= 0.3 is 0 Å². The minimum absolute atomic E-state index is 0.303. The molecular weight excluding hydrogens is 410 g/mol. The molecule has 0 aliphatic heterocycles. The highest BCUT2D eigenvalue weighted by atomic mass is 16.5. The third-order valence-corrected chi connectivity index (χ3v) is 4.54. The fraction of sp³-hybridized carbons (Fsp3) is 0.261. The second kappa shape index (κ2) is 10.3. The maximum absolute atomic E-state index is 12.8. The summed E-state index contributed by atoms with van der Waals surface area (Å²) in [5, 5.41) is 9.22. The highest BCUT2D eigenvalue weighted by Crippen LogP contribution is 2.38. The molecule has 1 amide bonds. The Labute approximate surface area is 187 Å². The third-order valence-electron chi connectivity index (χ3n) is 4.54. The molecule has 0 radical (unpaired) electrons. The molecule has 9 heteroatoms. The summed E-state index contributed by atoms with van der Waals surface area (Å²) in [5.41, 5.74) is 2.66. The standard InChI is InChI=1S/C23H27N5O4/c1-6-24-20-11-14(2)25-23(28-20)27-17-9-7-16(8-10-17)26-22(29)15-12-18(30-3)21(32-5)19(13-15)31-4/h7-13H,6H2,1-5H3,(H,26,29)(H2,24,25,27,28). The SMILES string of the molecule is CCNc1cc(C)nc(Nc2ccc(NC(=O)c3cc(OC)c(OC)c(OC)c3)cc2)n1. The van der Waals surface area contributed by atoms with Gasteiger partial charge < -0.3 is 30.2 Å². The first-order valence-electron chi connectivity index (χ1n) is 10.0. The molecule has 3 aromatic rings. The lowest BCUT2D eigenvalue weighted by Crippen LogP contribution is -2.12. The molecule has 0 saturated carbocycles. The number of rotatable bonds is 9. The molecule has 0 bridgehead atoms. The second-order valence-electron chi connectivity index (χ2n) is 6.82. The van der Waals surface area contributed by atoms with Gasteiger partial charge in [-0.05, 0) is 50.2 Å². The summed E-state index contributed by atoms with van der Waals surface area (Å²) in [7, 11) is 4.52. The Kier molecular flexibility index (Phi) is 7.33. The van der Waals surface area contributed by atoms with Crippen molar-refractivity contribution in [3.8, 4) is 17.2 Å². The third kappa shape index (κ3) is 5.37. The van der Waals surface area contributed by atoms with E-state index in [4.69, 9.17) is 14.2 Å². The van der Waals surface area contributed by atoms with Crippen LogP contribution in [0.3, 0.4) is 0 Å². The van der Waals surface area contributed by atoms with Gasteiger partial charge in [0, 0.05) is 35.2 Å². The summed E-state index contributed by atoms with van der Waals surface area (Å²) in [6, 6.07) is 12.3. The Balaban J connectivity index is 1.73. The molecule has 0 atom stereocenters. The monoisotopic (exact) mass is 437 g/mol. The first kappa shape index (κ1) is 22.7. The van der Waals surface area contributed by atoms with Crippen LogP contribution in [-0.4, -0.2) is 43.7 Å². The van der Waals surface area contributed by atoms with E-state index in [1.165, 1.54) is 21.3 Å². The lowest BCUT2D eigenvalue weighted by Gasteiger charge is -2.14. The zero-order chi connectivity index (χ0) is 23.1. The van der Waals surface area contributed by atoms with Crippen molar-refractivity contribution in [3.63, 3.8) is 0 Å². The van der Waals surface area contributed by atoms with Crippen LogP contribution in [0.5, 0.6) is 17.2 Å². The fourth-order valence-electron chi connectivity index (χ4n) is 3.08. The summed E-state index contributed by atoms with van der Waals surface area (Å²) in [6.07, 6.45) is 0. The molecule has 3 rings (SSSR count). The van der Waals surface area contributed by atoms with Crippen LogP contribution in [0.4, 0.5) is 23.1 Å². The van der Waals surface area contributed by atoms with E-state index in [0.717, 1.165) is 23.7 Å². The van der Waals surface area contributed by atoms with E-state index in [1.807, 2.05) is 32.0 Å². The number of anilines is 4. The van der Waals surface area contributed by atoms with Crippen LogP contribution in [0.25, 0.3) is 0 Å². The number of carbonyl (C=O) groups is 1. The van der Waals surface area contributed by atoms with Gasteiger partial charge in [-0.15, -0.1) is 0 Å². The van der Waals surface area contributed by atoms with Crippen molar-refractivity contribution < 1.29 is 19.0 Å². The number of nitrogens with zero attached hydrogens (tertiary/aromatic N) is 2. The van der Waals surface area contributed by atoms with Crippen molar-refractivity contribution in [1.82, 2.24) is 9.97 Å². The number of ether oxygens (including phenoxy) is 3. The van der Waals surface area contributed by atoms with Crippen LogP contribution in [0.15, 0.2) is 42.5 Å². The summed E-state index contributed by atoms with van der Waals surface area (Å²) >= 11 is 0. The summed E-state index contributed by atoms with van der Waals surface area (Å²) in [5.74, 6) is 2.20. The highest BCUT2D eigenvalue weighted by molar-refractivity contribution is 6.05. The topological polar surface area (TPSA) is 107 Å². The molecule has 0 saturated heterocycles. The van der Waals surface area contributed by atoms with Crippen LogP contribution in [0, 0.1) is 6.92 Å². The number of benzene rings is 2. The number of hydrogen-bond donors (Lipinski definition) is 3. The quantitative estimate of drug-likeness (QED) is 0.456. The number of aromatic nitrogens is 2. The van der Waals surface area contributed by atoms with Crippen molar-refractivity contribution in [3.05, 3.63) is 53.7 Å². The van der Waals surface area contributed by atoms with Gasteiger partial charge in [-0.25, -0.2) is 4.98 Å². The van der Waals surface area contributed by atoms with Crippen molar-refractivity contribution in [2.75, 3.05) is 43.8 Å². The Hall–Kier alpha value is -4.01. The van der Waals surface area contributed by atoms with Gasteiger partial charge in [0.25, 0.3) is 5.91 Å². The van der Waals surface area contributed by atoms with E-state index in [1.54, 1.807) is 24.3 Å². The molecule has 9 nitrogen and oxygen atoms in total. The zero-order valence-corrected chi connectivity index (χ0v) is 18.8. The van der Waals surface area contributed by atoms with Crippen molar-refractivity contribution >= 4 is 29.0 Å². The summed E-state index contributed by atoms with van der Waals surface area (Å²) < 4.78 is 15.9. The Morgan fingerprint density at radius 3 is 2.09 bits per heavy atom. The van der Waals surface area contributed by atoms with Crippen molar-refractivity contribution in [2.45, 2.75) is 13.8 Å². The van der Waals surface area contributed by atoms with Gasteiger partial charge in [-0.2, -0.15) is 4.98 Å². The molecule has 0 aliphatic carbocycles. The molecule has 0 aliphatic rings. The van der Waals surface area contributed by atoms with Gasteiger partial charge in [-0.3, -0.25) is 4.79 Å². The number of carbonyl (C=O) groups excluding carboxylic acids is 1. The normalized spacial score (nSPS) is 10.3. The Bertz CT molecular complexity index is 1060. The van der Waals surface area contributed by atoms with Crippen LogP contribution < -0.4 is 30.2 Å². The van der Waals surface area contributed by atoms with E-state index in [2.05, 4.69) is 25.9 Å². The minimum atomic E-state index is -0.303. The molecular formula is C23H27N5O4. The minimum Gasteiger partial charge on any atom is -0.493 e. The van der Waals surface area contributed by atoms with E-state index in [9.17, 15) is 4.79 Å². The van der Waals surface area contributed by atoms with E-state index >= 15 is 0 Å². The van der Waals surface area contributed by atoms with Crippen molar-refractivity contribution in [1.29, 1.82) is 0 Å². The molecule has 0 spiro atoms. The molecule has 2 aromatic carbocycles. The van der Waals surface area contributed by atoms with Crippen LogP contribution in [0.1, 0.15) is 23.0 Å². The molecule has 1 heterocycles. The maximum Gasteiger partial charge on any atom is 0.255 e. The molecule has 0 fully saturated rings. The Morgan fingerprint density at radius 2 is 1.53 bits per heavy atom. The first-order chi connectivity index (χ1) is 15.5. The van der Waals surface area contributed by atoms with Gasteiger partial charge in [-0.1, -0.05) is 0 Å². The average molecular weight is 438 g/mol. The number of amides is 1. The van der Waals surface area contributed by atoms with Crippen LogP contribution in [-0.2, 0) is 0 Å². The van der Waals surface area contributed by atoms with E-state index < -0.39 is 0 Å². The smallest absolute Gasteiger partial charge is 0.255 e.